The second-order valence-electron chi connectivity index (χ2n) is 7.18. The average Bonchev–Trinajstić information content (AvgIpc) is 2.80. The number of likely N-dealkylation sites (tertiary alicyclic amines) is 1. The van der Waals surface area contributed by atoms with Crippen molar-refractivity contribution in [3.63, 3.8) is 0 Å². The summed E-state index contributed by atoms with van der Waals surface area (Å²) < 4.78 is 27.4. The van der Waals surface area contributed by atoms with Crippen LogP contribution in [0.2, 0.25) is 0 Å². The maximum absolute atomic E-state index is 14.0. The van der Waals surface area contributed by atoms with E-state index in [0.717, 1.165) is 18.2 Å². The van der Waals surface area contributed by atoms with Crippen molar-refractivity contribution in [1.82, 2.24) is 4.90 Å². The first-order valence-electron chi connectivity index (χ1n) is 7.60. The van der Waals surface area contributed by atoms with Crippen LogP contribution in [-0.2, 0) is 4.79 Å². The van der Waals surface area contributed by atoms with Crippen molar-refractivity contribution in [1.29, 1.82) is 0 Å². The molecule has 1 fully saturated rings. The lowest BCUT2D eigenvalue weighted by Gasteiger charge is -2.27. The van der Waals surface area contributed by atoms with Gasteiger partial charge in [-0.1, -0.05) is 20.8 Å². The first kappa shape index (κ1) is 16.9. The third kappa shape index (κ3) is 4.03. The molecule has 1 heterocycles. The van der Waals surface area contributed by atoms with Gasteiger partial charge >= 0.3 is 0 Å². The summed E-state index contributed by atoms with van der Waals surface area (Å²) in [6, 6.07) is 2.63. The molecule has 1 aliphatic rings. The number of nitrogens with zero attached hydrogens (tertiary/aromatic N) is 1. The number of aliphatic hydroxyl groups excluding tert-OH is 1. The van der Waals surface area contributed by atoms with Crippen LogP contribution in [0, 0.1) is 17.0 Å². The van der Waals surface area contributed by atoms with Gasteiger partial charge in [0, 0.05) is 18.5 Å². The Labute approximate surface area is 129 Å². The smallest absolute Gasteiger partial charge is 0.223 e. The molecular weight excluding hydrogens is 288 g/mol. The zero-order valence-electron chi connectivity index (χ0n) is 13.3. The van der Waals surface area contributed by atoms with Crippen LogP contribution in [0.15, 0.2) is 18.2 Å². The first-order valence-corrected chi connectivity index (χ1v) is 7.60. The highest BCUT2D eigenvalue weighted by Crippen LogP contribution is 2.35. The van der Waals surface area contributed by atoms with Crippen molar-refractivity contribution < 1.29 is 18.7 Å². The van der Waals surface area contributed by atoms with E-state index in [1.807, 2.05) is 20.8 Å². The summed E-state index contributed by atoms with van der Waals surface area (Å²) in [4.78, 5) is 13.9. The van der Waals surface area contributed by atoms with E-state index in [9.17, 15) is 18.7 Å². The molecule has 1 aromatic carbocycles. The predicted molar refractivity (Wildman–Crippen MR) is 80.1 cm³/mol. The lowest BCUT2D eigenvalue weighted by Crippen LogP contribution is -2.32. The Hall–Kier alpha value is -1.49. The highest BCUT2D eigenvalue weighted by Gasteiger charge is 2.36. The molecule has 122 valence electrons. The van der Waals surface area contributed by atoms with Crippen molar-refractivity contribution >= 4 is 5.91 Å². The number of β-amino-alcohol motifs (C(OH)–C–C–N with tert-alkyl or cyclic N) is 1. The van der Waals surface area contributed by atoms with Gasteiger partial charge in [-0.25, -0.2) is 8.78 Å². The molecule has 0 spiro atoms. The summed E-state index contributed by atoms with van der Waals surface area (Å²) in [5.41, 5.74) is 0.161. The van der Waals surface area contributed by atoms with Crippen LogP contribution >= 0.6 is 0 Å². The first-order chi connectivity index (χ1) is 10.2. The standard InChI is InChI=1S/C17H23F2NO2/c1-17(2,3)7-6-16(22)20-10-12(21)9-15(20)13-8-11(18)4-5-14(13)19/h4-5,8,12,15,21H,6-7,9-10H2,1-3H3. The number of hydrogen-bond donors (Lipinski definition) is 1. The van der Waals surface area contributed by atoms with Crippen molar-refractivity contribution in [2.24, 2.45) is 5.41 Å². The molecule has 0 bridgehead atoms. The van der Waals surface area contributed by atoms with Crippen LogP contribution in [0.1, 0.15) is 51.6 Å². The third-order valence-electron chi connectivity index (χ3n) is 4.01. The lowest BCUT2D eigenvalue weighted by atomic mass is 9.90. The Morgan fingerprint density at radius 1 is 1.36 bits per heavy atom. The summed E-state index contributed by atoms with van der Waals surface area (Å²) in [7, 11) is 0. The Morgan fingerprint density at radius 2 is 2.05 bits per heavy atom. The van der Waals surface area contributed by atoms with E-state index in [2.05, 4.69) is 0 Å². The molecule has 1 saturated heterocycles. The minimum absolute atomic E-state index is 0.0214. The van der Waals surface area contributed by atoms with Gasteiger partial charge in [-0.2, -0.15) is 0 Å². The van der Waals surface area contributed by atoms with Crippen LogP contribution in [0.4, 0.5) is 8.78 Å². The molecule has 0 radical (unpaired) electrons. The minimum atomic E-state index is -0.703. The van der Waals surface area contributed by atoms with Crippen LogP contribution in [-0.4, -0.2) is 28.6 Å². The largest absolute Gasteiger partial charge is 0.391 e. The van der Waals surface area contributed by atoms with Gasteiger partial charge in [-0.3, -0.25) is 4.79 Å². The molecule has 22 heavy (non-hydrogen) atoms. The molecule has 1 amide bonds. The second kappa shape index (κ2) is 6.32. The number of amides is 1. The van der Waals surface area contributed by atoms with E-state index >= 15 is 0 Å². The fourth-order valence-corrected chi connectivity index (χ4v) is 2.78. The van der Waals surface area contributed by atoms with Gasteiger partial charge in [0.15, 0.2) is 0 Å². The second-order valence-corrected chi connectivity index (χ2v) is 7.18. The molecular formula is C17H23F2NO2. The maximum atomic E-state index is 14.0. The number of aliphatic hydroxyl groups is 1. The third-order valence-corrected chi connectivity index (χ3v) is 4.01. The van der Waals surface area contributed by atoms with Gasteiger partial charge in [0.25, 0.3) is 0 Å². The number of rotatable bonds is 3. The summed E-state index contributed by atoms with van der Waals surface area (Å²) in [6.07, 6.45) is 0.577. The van der Waals surface area contributed by atoms with Crippen LogP contribution in [0.5, 0.6) is 0 Å². The van der Waals surface area contributed by atoms with Crippen molar-refractivity contribution in [3.05, 3.63) is 35.4 Å². The van der Waals surface area contributed by atoms with Gasteiger partial charge in [0.05, 0.1) is 12.1 Å². The normalized spacial score (nSPS) is 22.2. The fourth-order valence-electron chi connectivity index (χ4n) is 2.78. The van der Waals surface area contributed by atoms with Crippen LogP contribution in [0.3, 0.4) is 0 Å². The topological polar surface area (TPSA) is 40.5 Å². The Kier molecular flexibility index (Phi) is 4.85. The Bertz CT molecular complexity index is 554. The summed E-state index contributed by atoms with van der Waals surface area (Å²) in [6.45, 7) is 6.30. The highest BCUT2D eigenvalue weighted by molar-refractivity contribution is 5.77. The monoisotopic (exact) mass is 311 g/mol. The fraction of sp³-hybridized carbons (Fsp3) is 0.588. The lowest BCUT2D eigenvalue weighted by molar-refractivity contribution is -0.133. The number of carbonyl (C=O) groups excluding carboxylic acids is 1. The highest BCUT2D eigenvalue weighted by atomic mass is 19.1. The summed E-state index contributed by atoms with van der Waals surface area (Å²) in [5, 5.41) is 9.86. The molecule has 3 nitrogen and oxygen atoms in total. The zero-order valence-corrected chi connectivity index (χ0v) is 13.3. The molecule has 1 N–H and O–H groups in total. The Balaban J connectivity index is 2.19. The molecule has 0 aromatic heterocycles. The molecule has 5 heteroatoms. The summed E-state index contributed by atoms with van der Waals surface area (Å²) in [5.74, 6) is -1.21. The summed E-state index contributed by atoms with van der Waals surface area (Å²) >= 11 is 0. The van der Waals surface area contributed by atoms with E-state index in [0.29, 0.717) is 12.8 Å². The van der Waals surface area contributed by atoms with Gasteiger partial charge in [-0.15, -0.1) is 0 Å². The van der Waals surface area contributed by atoms with Crippen molar-refractivity contribution in [2.45, 2.75) is 52.2 Å². The average molecular weight is 311 g/mol. The molecule has 1 aliphatic heterocycles. The van der Waals surface area contributed by atoms with E-state index in [4.69, 9.17) is 0 Å². The zero-order chi connectivity index (χ0) is 16.5. The van der Waals surface area contributed by atoms with Gasteiger partial charge in [-0.05, 0) is 36.5 Å². The van der Waals surface area contributed by atoms with E-state index in [-0.39, 0.29) is 29.9 Å². The van der Waals surface area contributed by atoms with E-state index in [1.165, 1.54) is 4.90 Å². The van der Waals surface area contributed by atoms with Crippen molar-refractivity contribution in [3.8, 4) is 0 Å². The molecule has 2 rings (SSSR count). The number of halogens is 2. The van der Waals surface area contributed by atoms with Gasteiger partial charge in [0.1, 0.15) is 11.6 Å². The number of carbonyl (C=O) groups is 1. The van der Waals surface area contributed by atoms with Gasteiger partial charge in [0.2, 0.25) is 5.91 Å². The van der Waals surface area contributed by atoms with Crippen LogP contribution < -0.4 is 0 Å². The number of hydrogen-bond acceptors (Lipinski definition) is 2. The molecule has 0 saturated carbocycles. The molecule has 0 aliphatic carbocycles. The minimum Gasteiger partial charge on any atom is -0.391 e. The quantitative estimate of drug-likeness (QED) is 0.929. The van der Waals surface area contributed by atoms with E-state index in [1.54, 1.807) is 0 Å². The van der Waals surface area contributed by atoms with Crippen molar-refractivity contribution in [2.75, 3.05) is 6.54 Å². The molecule has 2 atom stereocenters. The predicted octanol–water partition coefficient (Wildman–Crippen LogP) is 3.43. The Morgan fingerprint density at radius 3 is 2.68 bits per heavy atom. The van der Waals surface area contributed by atoms with Gasteiger partial charge < -0.3 is 10.0 Å². The molecule has 1 aromatic rings. The number of benzene rings is 1. The van der Waals surface area contributed by atoms with E-state index < -0.39 is 23.8 Å². The SMILES string of the molecule is CC(C)(C)CCC(=O)N1CC(O)CC1c1cc(F)ccc1F. The molecule has 2 unspecified atom stereocenters. The maximum Gasteiger partial charge on any atom is 0.223 e. The van der Waals surface area contributed by atoms with Crippen LogP contribution in [0.25, 0.3) is 0 Å².